The normalized spacial score (nSPS) is 14.0. The molecule has 0 bridgehead atoms. The highest BCUT2D eigenvalue weighted by Gasteiger charge is 2.44. The van der Waals surface area contributed by atoms with Crippen LogP contribution in [-0.2, 0) is 0 Å². The van der Waals surface area contributed by atoms with Crippen molar-refractivity contribution < 1.29 is 24.2 Å². The van der Waals surface area contributed by atoms with Crippen molar-refractivity contribution >= 4 is 50.9 Å². The summed E-state index contributed by atoms with van der Waals surface area (Å²) in [4.78, 5) is 63.0. The van der Waals surface area contributed by atoms with Gasteiger partial charge in [-0.1, -0.05) is 26.0 Å². The summed E-state index contributed by atoms with van der Waals surface area (Å²) < 4.78 is 1.27. The maximum atomic E-state index is 14.1. The van der Waals surface area contributed by atoms with Crippen LogP contribution in [0, 0.1) is 26.1 Å². The minimum atomic E-state index is -1.19. The Morgan fingerprint density at radius 3 is 1.61 bits per heavy atom. The first-order valence-corrected chi connectivity index (χ1v) is 11.0. The fourth-order valence-electron chi connectivity index (χ4n) is 4.75. The second-order valence-electron chi connectivity index (χ2n) is 8.81. The highest BCUT2D eigenvalue weighted by atomic mass is 16.6. The van der Waals surface area contributed by atoms with E-state index in [2.05, 4.69) is 0 Å². The van der Waals surface area contributed by atoms with Gasteiger partial charge in [-0.3, -0.25) is 44.1 Å². The van der Waals surface area contributed by atoms with Crippen molar-refractivity contribution in [3.8, 4) is 0 Å². The number of non-ortho nitro benzene ring substituents is 2. The predicted molar refractivity (Wildman–Crippen MR) is 129 cm³/mol. The van der Waals surface area contributed by atoms with Gasteiger partial charge in [0, 0.05) is 35.0 Å². The van der Waals surface area contributed by atoms with Gasteiger partial charge in [-0.2, -0.15) is 0 Å². The average Bonchev–Trinajstić information content (AvgIpc) is 3.30. The summed E-state index contributed by atoms with van der Waals surface area (Å²) in [5, 5.41) is 23.3. The second kappa shape index (κ2) is 8.08. The first-order chi connectivity index (χ1) is 17.1. The lowest BCUT2D eigenvalue weighted by atomic mass is 10.0. The van der Waals surface area contributed by atoms with Gasteiger partial charge in [0.1, 0.15) is 6.04 Å². The fourth-order valence-corrected chi connectivity index (χ4v) is 4.75. The first kappa shape index (κ1) is 22.8. The summed E-state index contributed by atoms with van der Waals surface area (Å²) in [6.45, 7) is 3.41. The van der Waals surface area contributed by atoms with E-state index in [1.807, 2.05) is 0 Å². The van der Waals surface area contributed by atoms with E-state index in [1.165, 1.54) is 53.1 Å². The molecule has 0 unspecified atom stereocenters. The molecule has 0 fully saturated rings. The molecular formula is C25H18N4O7. The number of amides is 2. The molecule has 36 heavy (non-hydrogen) atoms. The number of hydrogen-bond acceptors (Lipinski definition) is 7. The van der Waals surface area contributed by atoms with Crippen LogP contribution in [0.1, 0.15) is 39.4 Å². The van der Waals surface area contributed by atoms with E-state index in [9.17, 15) is 34.6 Å². The molecule has 5 rings (SSSR count). The molecular weight excluding hydrogens is 468 g/mol. The Kier molecular flexibility index (Phi) is 5.13. The molecule has 1 aliphatic heterocycles. The number of hydrogen-bond donors (Lipinski definition) is 0. The number of fused-ring (bicyclic) bond motifs is 4. The van der Waals surface area contributed by atoms with Crippen molar-refractivity contribution in [3.63, 3.8) is 0 Å². The van der Waals surface area contributed by atoms with E-state index >= 15 is 0 Å². The zero-order chi connectivity index (χ0) is 25.9. The Hall–Kier alpha value is -4.93. The molecule has 1 aromatic heterocycles. The van der Waals surface area contributed by atoms with Gasteiger partial charge in [0.05, 0.1) is 32.0 Å². The van der Waals surface area contributed by atoms with Crippen LogP contribution >= 0.6 is 0 Å². The summed E-state index contributed by atoms with van der Waals surface area (Å²) in [7, 11) is 0. The number of aromatic nitrogens is 1. The number of nitro benzene ring substituents is 2. The van der Waals surface area contributed by atoms with Gasteiger partial charge in [0.15, 0.2) is 0 Å². The topological polar surface area (TPSA) is 146 Å². The highest BCUT2D eigenvalue weighted by Crippen LogP contribution is 2.36. The lowest BCUT2D eigenvalue weighted by Gasteiger charge is -2.28. The Labute approximate surface area is 202 Å². The van der Waals surface area contributed by atoms with Gasteiger partial charge >= 0.3 is 0 Å². The Bertz CT molecular complexity index is 1550. The van der Waals surface area contributed by atoms with Gasteiger partial charge < -0.3 is 0 Å². The van der Waals surface area contributed by atoms with Crippen molar-refractivity contribution in [1.82, 2.24) is 9.47 Å². The Morgan fingerprint density at radius 1 is 0.778 bits per heavy atom. The molecule has 4 aromatic rings. The molecule has 11 heteroatoms. The number of nitro groups is 2. The third-order valence-corrected chi connectivity index (χ3v) is 6.36. The molecule has 2 heterocycles. The number of carbonyl (C=O) groups excluding carboxylic acids is 3. The molecule has 0 N–H and O–H groups in total. The van der Waals surface area contributed by atoms with Crippen molar-refractivity contribution in [2.24, 2.45) is 5.92 Å². The highest BCUT2D eigenvalue weighted by molar-refractivity contribution is 6.24. The summed E-state index contributed by atoms with van der Waals surface area (Å²) in [6, 6.07) is 12.8. The third kappa shape index (κ3) is 3.24. The van der Waals surface area contributed by atoms with Crippen LogP contribution in [0.2, 0.25) is 0 Å². The van der Waals surface area contributed by atoms with Gasteiger partial charge in [0.2, 0.25) is 0 Å². The molecule has 1 aliphatic rings. The van der Waals surface area contributed by atoms with Gasteiger partial charge in [-0.15, -0.1) is 0 Å². The van der Waals surface area contributed by atoms with Crippen LogP contribution in [-0.4, -0.2) is 43.1 Å². The molecule has 0 saturated carbocycles. The monoisotopic (exact) mass is 486 g/mol. The van der Waals surface area contributed by atoms with E-state index in [0.29, 0.717) is 0 Å². The van der Waals surface area contributed by atoms with Crippen molar-refractivity contribution in [1.29, 1.82) is 0 Å². The SMILES string of the molecule is CC(C)[C@@H](C(=O)n1c2ccc([N+](=O)[O-])cc2c2cc([N+](=O)[O-])ccc21)N1C(=O)c2ccccc2C1=O. The largest absolute Gasteiger partial charge is 0.278 e. The van der Waals surface area contributed by atoms with E-state index < -0.39 is 39.5 Å². The molecule has 0 spiro atoms. The van der Waals surface area contributed by atoms with Crippen LogP contribution in [0.5, 0.6) is 0 Å². The summed E-state index contributed by atoms with van der Waals surface area (Å²) >= 11 is 0. The second-order valence-corrected chi connectivity index (χ2v) is 8.81. The number of carbonyl (C=O) groups is 3. The average molecular weight is 486 g/mol. The van der Waals surface area contributed by atoms with E-state index in [-0.39, 0.29) is 44.3 Å². The van der Waals surface area contributed by atoms with E-state index in [0.717, 1.165) is 4.90 Å². The van der Waals surface area contributed by atoms with Gasteiger partial charge in [-0.25, -0.2) is 0 Å². The maximum Gasteiger partial charge on any atom is 0.270 e. The van der Waals surface area contributed by atoms with Crippen LogP contribution in [0.3, 0.4) is 0 Å². The molecule has 0 saturated heterocycles. The quantitative estimate of drug-likeness (QED) is 0.228. The third-order valence-electron chi connectivity index (χ3n) is 6.36. The summed E-state index contributed by atoms with van der Waals surface area (Å²) in [5.41, 5.74) is 0.443. The number of nitrogens with zero attached hydrogens (tertiary/aromatic N) is 4. The van der Waals surface area contributed by atoms with Gasteiger partial charge in [0.25, 0.3) is 29.1 Å². The first-order valence-electron chi connectivity index (χ1n) is 11.0. The summed E-state index contributed by atoms with van der Waals surface area (Å²) in [5.74, 6) is -2.27. The smallest absolute Gasteiger partial charge is 0.270 e. The van der Waals surface area contributed by atoms with E-state index in [1.54, 1.807) is 26.0 Å². The Balaban J connectivity index is 1.74. The minimum Gasteiger partial charge on any atom is -0.278 e. The zero-order valence-corrected chi connectivity index (χ0v) is 19.1. The fraction of sp³-hybridized carbons (Fsp3) is 0.160. The molecule has 0 aliphatic carbocycles. The molecule has 180 valence electrons. The van der Waals surface area contributed by atoms with Crippen LogP contribution < -0.4 is 0 Å². The number of benzene rings is 3. The van der Waals surface area contributed by atoms with Crippen LogP contribution in [0.4, 0.5) is 11.4 Å². The Morgan fingerprint density at radius 2 is 1.22 bits per heavy atom. The predicted octanol–water partition coefficient (Wildman–Crippen LogP) is 4.57. The number of imide groups is 1. The molecule has 0 radical (unpaired) electrons. The van der Waals surface area contributed by atoms with E-state index in [4.69, 9.17) is 0 Å². The van der Waals surface area contributed by atoms with Crippen molar-refractivity contribution in [2.45, 2.75) is 19.9 Å². The minimum absolute atomic E-state index is 0.203. The lowest BCUT2D eigenvalue weighted by molar-refractivity contribution is -0.385. The number of rotatable bonds is 5. The van der Waals surface area contributed by atoms with Gasteiger partial charge in [-0.05, 0) is 30.2 Å². The van der Waals surface area contributed by atoms with Crippen molar-refractivity contribution in [3.05, 3.63) is 92.0 Å². The molecule has 11 nitrogen and oxygen atoms in total. The lowest BCUT2D eigenvalue weighted by Crippen LogP contribution is -2.49. The van der Waals surface area contributed by atoms with Crippen LogP contribution in [0.15, 0.2) is 60.7 Å². The molecule has 2 amide bonds. The van der Waals surface area contributed by atoms with Crippen molar-refractivity contribution in [2.75, 3.05) is 0 Å². The zero-order valence-electron chi connectivity index (χ0n) is 19.1. The molecule has 3 aromatic carbocycles. The maximum absolute atomic E-state index is 14.1. The van der Waals surface area contributed by atoms with Crippen LogP contribution in [0.25, 0.3) is 21.8 Å². The standard InChI is InChI=1S/C25H18N4O7/c1-13(2)22(27-23(30)16-5-3-4-6-17(16)24(27)31)25(32)26-20-9-7-14(28(33)34)11-18(20)19-12-15(29(35)36)8-10-21(19)26/h3-13,22H,1-2H3/t22-/m0/s1. The molecule has 1 atom stereocenters. The summed E-state index contributed by atoms with van der Waals surface area (Å²) in [6.07, 6.45) is 0.